The van der Waals surface area contributed by atoms with Crippen molar-refractivity contribution in [1.29, 1.82) is 5.26 Å². The number of nitrogens with one attached hydrogen (secondary N) is 1. The summed E-state index contributed by atoms with van der Waals surface area (Å²) in [6.45, 7) is 4.21. The molecule has 0 fully saturated rings. The van der Waals surface area contributed by atoms with E-state index in [4.69, 9.17) is 0 Å². The van der Waals surface area contributed by atoms with E-state index in [1.54, 1.807) is 22.7 Å². The molecule has 1 amide bonds. The van der Waals surface area contributed by atoms with Gasteiger partial charge in [-0.2, -0.15) is 5.26 Å². The number of fused-ring (bicyclic) bond motifs is 2. The van der Waals surface area contributed by atoms with Crippen molar-refractivity contribution < 1.29 is 4.79 Å². The number of nitrogens with zero attached hydrogens (tertiary/aromatic N) is 4. The molecule has 0 saturated carbocycles. The van der Waals surface area contributed by atoms with Gasteiger partial charge in [0.15, 0.2) is 11.0 Å². The highest BCUT2D eigenvalue weighted by molar-refractivity contribution is 7.99. The summed E-state index contributed by atoms with van der Waals surface area (Å²) in [6.07, 6.45) is 6.62. The van der Waals surface area contributed by atoms with E-state index in [1.165, 1.54) is 39.6 Å². The molecule has 0 atom stereocenters. The second kappa shape index (κ2) is 10.5. The molecule has 6 nitrogen and oxygen atoms in total. The van der Waals surface area contributed by atoms with Gasteiger partial charge in [-0.25, -0.2) is 0 Å². The van der Waals surface area contributed by atoms with Crippen LogP contribution in [0.4, 0.5) is 5.00 Å². The number of carbonyl (C=O) groups excluding carboxylic acids is 1. The van der Waals surface area contributed by atoms with Crippen molar-refractivity contribution in [2.75, 3.05) is 11.1 Å². The Hall–Kier alpha value is -2.67. The first-order valence-electron chi connectivity index (χ1n) is 12.0. The lowest BCUT2D eigenvalue weighted by molar-refractivity contribution is -0.113. The summed E-state index contributed by atoms with van der Waals surface area (Å²) < 4.78 is 3.32. The molecule has 0 bridgehead atoms. The van der Waals surface area contributed by atoms with Crippen LogP contribution in [0.1, 0.15) is 61.6 Å². The van der Waals surface area contributed by atoms with E-state index >= 15 is 0 Å². The largest absolute Gasteiger partial charge is 0.316 e. The Bertz CT molecular complexity index is 1410. The molecule has 5 rings (SSSR count). The molecule has 0 radical (unpaired) electrons. The number of rotatable bonds is 6. The zero-order valence-electron chi connectivity index (χ0n) is 19.8. The van der Waals surface area contributed by atoms with Crippen molar-refractivity contribution in [2.24, 2.45) is 0 Å². The van der Waals surface area contributed by atoms with Crippen LogP contribution in [-0.4, -0.2) is 26.4 Å². The van der Waals surface area contributed by atoms with Gasteiger partial charge in [-0.05, 0) is 51.2 Å². The van der Waals surface area contributed by atoms with Crippen molar-refractivity contribution >= 4 is 55.4 Å². The van der Waals surface area contributed by atoms with Crippen molar-refractivity contribution in [1.82, 2.24) is 14.8 Å². The molecule has 1 aliphatic carbocycles. The highest BCUT2D eigenvalue weighted by Crippen LogP contribution is 2.38. The summed E-state index contributed by atoms with van der Waals surface area (Å²) in [6, 6.07) is 10.8. The van der Waals surface area contributed by atoms with E-state index in [-0.39, 0.29) is 17.7 Å². The van der Waals surface area contributed by atoms with E-state index in [9.17, 15) is 10.1 Å². The van der Waals surface area contributed by atoms with Crippen LogP contribution in [0.5, 0.6) is 0 Å². The predicted molar refractivity (Wildman–Crippen MR) is 145 cm³/mol. The second-order valence-corrected chi connectivity index (χ2v) is 11.9. The zero-order valence-corrected chi connectivity index (χ0v) is 22.3. The first-order valence-corrected chi connectivity index (χ1v) is 14.6. The molecule has 0 spiro atoms. The minimum atomic E-state index is -0.124. The van der Waals surface area contributed by atoms with Crippen LogP contribution in [-0.2, 0) is 17.6 Å². The SMILES string of the molecule is CC(C)n1c(SCC(=O)Nc2sc3c(c2C#N)CCCCCC3)nnc1-c1csc2ccccc12. The minimum absolute atomic E-state index is 0.124. The number of amides is 1. The second-order valence-electron chi connectivity index (χ2n) is 8.99. The normalized spacial score (nSPS) is 13.9. The molecule has 1 aromatic carbocycles. The van der Waals surface area contributed by atoms with Gasteiger partial charge in [-0.3, -0.25) is 9.36 Å². The lowest BCUT2D eigenvalue weighted by atomic mass is 9.97. The van der Waals surface area contributed by atoms with Gasteiger partial charge >= 0.3 is 0 Å². The maximum absolute atomic E-state index is 12.9. The van der Waals surface area contributed by atoms with Crippen LogP contribution in [0.25, 0.3) is 21.5 Å². The summed E-state index contributed by atoms with van der Waals surface area (Å²) in [4.78, 5) is 14.2. The van der Waals surface area contributed by atoms with Crippen LogP contribution in [0, 0.1) is 11.3 Å². The molecule has 35 heavy (non-hydrogen) atoms. The molecule has 0 saturated heterocycles. The van der Waals surface area contributed by atoms with Crippen LogP contribution in [0.2, 0.25) is 0 Å². The molecule has 3 aromatic heterocycles. The maximum Gasteiger partial charge on any atom is 0.235 e. The van der Waals surface area contributed by atoms with Crippen molar-refractivity contribution in [3.05, 3.63) is 45.6 Å². The number of nitriles is 1. The van der Waals surface area contributed by atoms with E-state index in [0.29, 0.717) is 10.6 Å². The van der Waals surface area contributed by atoms with Crippen LogP contribution in [0.3, 0.4) is 0 Å². The average Bonchev–Trinajstić information content (AvgIpc) is 3.52. The van der Waals surface area contributed by atoms with Crippen molar-refractivity contribution in [3.8, 4) is 17.5 Å². The molecular weight excluding hydrogens is 495 g/mol. The lowest BCUT2D eigenvalue weighted by Gasteiger charge is -2.13. The number of aryl methyl sites for hydroxylation is 1. The van der Waals surface area contributed by atoms with Crippen LogP contribution < -0.4 is 5.32 Å². The molecule has 4 aromatic rings. The molecule has 3 heterocycles. The van der Waals surface area contributed by atoms with Gasteiger partial charge in [0.2, 0.25) is 5.91 Å². The number of thioether (sulfide) groups is 1. The fourth-order valence-electron chi connectivity index (χ4n) is 4.59. The first-order chi connectivity index (χ1) is 17.1. The minimum Gasteiger partial charge on any atom is -0.316 e. The Kier molecular flexibility index (Phi) is 7.23. The Morgan fingerprint density at radius 2 is 2.00 bits per heavy atom. The Morgan fingerprint density at radius 1 is 1.20 bits per heavy atom. The number of hydrogen-bond donors (Lipinski definition) is 1. The van der Waals surface area contributed by atoms with Crippen LogP contribution >= 0.6 is 34.4 Å². The summed E-state index contributed by atoms with van der Waals surface area (Å²) in [5.41, 5.74) is 2.87. The van der Waals surface area contributed by atoms with Gasteiger partial charge in [-0.1, -0.05) is 42.8 Å². The molecule has 1 aliphatic rings. The van der Waals surface area contributed by atoms with Gasteiger partial charge in [0.05, 0.1) is 11.3 Å². The Labute approximate surface area is 217 Å². The first kappa shape index (κ1) is 24.0. The summed E-state index contributed by atoms with van der Waals surface area (Å²) in [5, 5.41) is 26.5. The smallest absolute Gasteiger partial charge is 0.235 e. The van der Waals surface area contributed by atoms with Gasteiger partial charge < -0.3 is 5.32 Å². The highest BCUT2D eigenvalue weighted by Gasteiger charge is 2.22. The van der Waals surface area contributed by atoms with E-state index in [2.05, 4.69) is 57.5 Å². The van der Waals surface area contributed by atoms with E-state index in [0.717, 1.165) is 47.8 Å². The molecular formula is C26H27N5OS3. The highest BCUT2D eigenvalue weighted by atomic mass is 32.2. The quantitative estimate of drug-likeness (QED) is 0.275. The number of anilines is 1. The average molecular weight is 522 g/mol. The van der Waals surface area contributed by atoms with Gasteiger partial charge in [-0.15, -0.1) is 32.9 Å². The maximum atomic E-state index is 12.9. The third-order valence-corrected chi connectivity index (χ3v) is 9.39. The lowest BCUT2D eigenvalue weighted by Crippen LogP contribution is -2.15. The third-order valence-electron chi connectivity index (χ3n) is 6.27. The van der Waals surface area contributed by atoms with Gasteiger partial charge in [0.1, 0.15) is 11.1 Å². The number of thiophene rings is 2. The number of hydrogen-bond acceptors (Lipinski definition) is 7. The summed E-state index contributed by atoms with van der Waals surface area (Å²) >= 11 is 4.66. The summed E-state index contributed by atoms with van der Waals surface area (Å²) in [5.74, 6) is 0.912. The molecule has 1 N–H and O–H groups in total. The third kappa shape index (κ3) is 4.88. The fourth-order valence-corrected chi connectivity index (χ4v) is 7.66. The van der Waals surface area contributed by atoms with Crippen molar-refractivity contribution in [2.45, 2.75) is 63.6 Å². The predicted octanol–water partition coefficient (Wildman–Crippen LogP) is 7.06. The fraction of sp³-hybridized carbons (Fsp3) is 0.385. The van der Waals surface area contributed by atoms with Crippen molar-refractivity contribution in [3.63, 3.8) is 0 Å². The molecule has 180 valence electrons. The number of carbonyl (C=O) groups is 1. The monoisotopic (exact) mass is 521 g/mol. The van der Waals surface area contributed by atoms with E-state index < -0.39 is 0 Å². The van der Waals surface area contributed by atoms with E-state index in [1.807, 2.05) is 12.1 Å². The topological polar surface area (TPSA) is 83.6 Å². The number of aromatic nitrogens is 3. The zero-order chi connectivity index (χ0) is 24.4. The van der Waals surface area contributed by atoms with Crippen LogP contribution in [0.15, 0.2) is 34.8 Å². The Balaban J connectivity index is 1.34. The Morgan fingerprint density at radius 3 is 2.80 bits per heavy atom. The van der Waals surface area contributed by atoms with Gasteiger partial charge in [0, 0.05) is 31.9 Å². The van der Waals surface area contributed by atoms with Gasteiger partial charge in [0.25, 0.3) is 0 Å². The summed E-state index contributed by atoms with van der Waals surface area (Å²) in [7, 11) is 0. The standard InChI is InChI=1S/C26H27N5OS3/c1-16(2)31-24(20-14-33-21-11-8-7-10-18(20)21)29-30-26(31)34-15-23(32)28-25-19(13-27)17-9-5-3-4-6-12-22(17)35-25/h7-8,10-11,14,16H,3-6,9,12,15H2,1-2H3,(H,28,32). The molecule has 9 heteroatoms. The molecule has 0 aliphatic heterocycles. The number of benzene rings is 1. The molecule has 0 unspecified atom stereocenters.